The maximum absolute atomic E-state index is 12.4. The third-order valence-corrected chi connectivity index (χ3v) is 5.42. The summed E-state index contributed by atoms with van der Waals surface area (Å²) in [5.74, 6) is 0. The van der Waals surface area contributed by atoms with Crippen molar-refractivity contribution >= 4 is 33.8 Å². The molecule has 0 spiro atoms. The fourth-order valence-corrected chi connectivity index (χ4v) is 3.99. The van der Waals surface area contributed by atoms with Crippen molar-refractivity contribution in [2.75, 3.05) is 19.8 Å². The molecule has 0 bridgehead atoms. The Morgan fingerprint density at radius 2 is 2.14 bits per heavy atom. The van der Waals surface area contributed by atoms with E-state index < -0.39 is 0 Å². The van der Waals surface area contributed by atoms with E-state index in [-0.39, 0.29) is 11.8 Å². The molecule has 5 heterocycles. The van der Waals surface area contributed by atoms with E-state index in [1.807, 2.05) is 13.0 Å². The standard InChI is InChI=1S/C19H18ClN5O3/c1-10-13(6-22-18-16(10)14(20)7-23-18)11-4-15-17(21-5-11)24-19(26)25(15)8-12-9-27-2-3-28-12/h4-7,12H,2-3,8-9H2,1H3,(H,22,23)(H,21,24,26)/t12-/m0/s1. The highest BCUT2D eigenvalue weighted by atomic mass is 35.5. The number of H-pyrrole nitrogens is 2. The fraction of sp³-hybridized carbons (Fsp3) is 0.316. The van der Waals surface area contributed by atoms with Crippen molar-refractivity contribution in [2.24, 2.45) is 0 Å². The number of halogens is 1. The number of aromatic nitrogens is 5. The van der Waals surface area contributed by atoms with Gasteiger partial charge in [-0.05, 0) is 18.6 Å². The molecule has 5 rings (SSSR count). The highest BCUT2D eigenvalue weighted by Gasteiger charge is 2.19. The SMILES string of the molecule is Cc1c(-c2cnc3[nH]c(=O)n(C[C@H]4COCCO4)c3c2)cnc2[nH]cc(Cl)c12. The first-order valence-electron chi connectivity index (χ1n) is 9.02. The lowest BCUT2D eigenvalue weighted by Gasteiger charge is -2.23. The maximum atomic E-state index is 12.4. The van der Waals surface area contributed by atoms with Crippen molar-refractivity contribution in [1.82, 2.24) is 24.5 Å². The Kier molecular flexibility index (Phi) is 4.19. The van der Waals surface area contributed by atoms with Gasteiger partial charge >= 0.3 is 5.69 Å². The fourth-order valence-electron chi connectivity index (χ4n) is 3.71. The lowest BCUT2D eigenvalue weighted by atomic mass is 10.0. The summed E-state index contributed by atoms with van der Waals surface area (Å²) in [6, 6.07) is 1.94. The highest BCUT2D eigenvalue weighted by Crippen LogP contribution is 2.32. The minimum Gasteiger partial charge on any atom is -0.376 e. The summed E-state index contributed by atoms with van der Waals surface area (Å²) >= 11 is 6.31. The second-order valence-corrected chi connectivity index (χ2v) is 7.26. The van der Waals surface area contributed by atoms with Gasteiger partial charge in [0.25, 0.3) is 0 Å². The number of nitrogens with zero attached hydrogens (tertiary/aromatic N) is 3. The van der Waals surface area contributed by atoms with E-state index in [1.165, 1.54) is 0 Å². The number of pyridine rings is 2. The van der Waals surface area contributed by atoms with Gasteiger partial charge in [-0.25, -0.2) is 14.8 Å². The van der Waals surface area contributed by atoms with Gasteiger partial charge in [0.1, 0.15) is 5.65 Å². The van der Waals surface area contributed by atoms with Crippen LogP contribution in [0.1, 0.15) is 5.56 Å². The van der Waals surface area contributed by atoms with Gasteiger partial charge in [-0.15, -0.1) is 0 Å². The summed E-state index contributed by atoms with van der Waals surface area (Å²) in [5, 5.41) is 1.52. The zero-order chi connectivity index (χ0) is 19.3. The summed E-state index contributed by atoms with van der Waals surface area (Å²) in [5.41, 5.74) is 4.58. The van der Waals surface area contributed by atoms with Crippen LogP contribution < -0.4 is 5.69 Å². The van der Waals surface area contributed by atoms with Crippen LogP contribution in [-0.2, 0) is 16.0 Å². The molecule has 28 heavy (non-hydrogen) atoms. The molecule has 0 aromatic carbocycles. The third kappa shape index (κ3) is 2.81. The Balaban J connectivity index is 1.61. The first kappa shape index (κ1) is 17.4. The first-order chi connectivity index (χ1) is 13.6. The summed E-state index contributed by atoms with van der Waals surface area (Å²) in [4.78, 5) is 27.2. The number of hydrogen-bond acceptors (Lipinski definition) is 5. The normalized spacial score (nSPS) is 17.6. The number of aryl methyl sites for hydroxylation is 1. The van der Waals surface area contributed by atoms with E-state index in [4.69, 9.17) is 21.1 Å². The molecule has 1 atom stereocenters. The number of fused-ring (bicyclic) bond motifs is 2. The lowest BCUT2D eigenvalue weighted by Crippen LogP contribution is -2.34. The van der Waals surface area contributed by atoms with Crippen molar-refractivity contribution in [3.05, 3.63) is 45.7 Å². The van der Waals surface area contributed by atoms with Gasteiger partial charge in [0.2, 0.25) is 0 Å². The highest BCUT2D eigenvalue weighted by molar-refractivity contribution is 6.35. The van der Waals surface area contributed by atoms with E-state index in [0.717, 1.165) is 33.2 Å². The number of aromatic amines is 2. The van der Waals surface area contributed by atoms with Crippen molar-refractivity contribution in [1.29, 1.82) is 0 Å². The molecular formula is C19H18ClN5O3. The Labute approximate surface area is 164 Å². The summed E-state index contributed by atoms with van der Waals surface area (Å²) in [6.07, 6.45) is 5.10. The van der Waals surface area contributed by atoms with Crippen LogP contribution in [0.2, 0.25) is 5.02 Å². The summed E-state index contributed by atoms with van der Waals surface area (Å²) in [7, 11) is 0. The Morgan fingerprint density at radius 3 is 2.96 bits per heavy atom. The van der Waals surface area contributed by atoms with Gasteiger partial charge in [-0.3, -0.25) is 9.55 Å². The van der Waals surface area contributed by atoms with Crippen LogP contribution in [-0.4, -0.2) is 50.4 Å². The molecule has 1 fully saturated rings. The smallest absolute Gasteiger partial charge is 0.327 e. The van der Waals surface area contributed by atoms with Gasteiger partial charge in [-0.1, -0.05) is 11.6 Å². The Morgan fingerprint density at radius 1 is 1.29 bits per heavy atom. The van der Waals surface area contributed by atoms with Crippen LogP contribution in [0.25, 0.3) is 33.3 Å². The molecule has 144 valence electrons. The van der Waals surface area contributed by atoms with Crippen molar-refractivity contribution in [2.45, 2.75) is 19.6 Å². The second kappa shape index (κ2) is 6.73. The predicted molar refractivity (Wildman–Crippen MR) is 106 cm³/mol. The molecule has 0 amide bonds. The number of rotatable bonds is 3. The van der Waals surface area contributed by atoms with Crippen LogP contribution in [0, 0.1) is 6.92 Å². The molecule has 1 saturated heterocycles. The molecule has 0 saturated carbocycles. The number of nitrogens with one attached hydrogen (secondary N) is 2. The first-order valence-corrected chi connectivity index (χ1v) is 9.40. The van der Waals surface area contributed by atoms with Crippen LogP contribution in [0.3, 0.4) is 0 Å². The lowest BCUT2D eigenvalue weighted by molar-refractivity contribution is -0.0934. The minimum absolute atomic E-state index is 0.160. The topological polar surface area (TPSA) is 97.8 Å². The van der Waals surface area contributed by atoms with E-state index >= 15 is 0 Å². The van der Waals surface area contributed by atoms with Crippen LogP contribution in [0.15, 0.2) is 29.5 Å². The van der Waals surface area contributed by atoms with Crippen molar-refractivity contribution < 1.29 is 9.47 Å². The van der Waals surface area contributed by atoms with Gasteiger partial charge in [-0.2, -0.15) is 0 Å². The molecule has 0 radical (unpaired) electrons. The molecule has 9 heteroatoms. The second-order valence-electron chi connectivity index (χ2n) is 6.86. The molecule has 0 aliphatic carbocycles. The Hall–Kier alpha value is -2.68. The minimum atomic E-state index is -0.215. The van der Waals surface area contributed by atoms with Crippen molar-refractivity contribution in [3.63, 3.8) is 0 Å². The quantitative estimate of drug-likeness (QED) is 0.552. The van der Waals surface area contributed by atoms with E-state index in [9.17, 15) is 4.79 Å². The van der Waals surface area contributed by atoms with E-state index in [1.54, 1.807) is 23.2 Å². The van der Waals surface area contributed by atoms with Gasteiger partial charge in [0.05, 0.1) is 43.0 Å². The summed E-state index contributed by atoms with van der Waals surface area (Å²) in [6.45, 7) is 4.00. The largest absolute Gasteiger partial charge is 0.376 e. The molecule has 0 unspecified atom stereocenters. The van der Waals surface area contributed by atoms with Crippen molar-refractivity contribution in [3.8, 4) is 11.1 Å². The molecule has 2 N–H and O–H groups in total. The number of hydrogen-bond donors (Lipinski definition) is 2. The molecule has 4 aromatic heterocycles. The third-order valence-electron chi connectivity index (χ3n) is 5.12. The summed E-state index contributed by atoms with van der Waals surface area (Å²) < 4.78 is 12.8. The van der Waals surface area contributed by atoms with E-state index in [2.05, 4.69) is 19.9 Å². The molecule has 1 aliphatic heterocycles. The van der Waals surface area contributed by atoms with E-state index in [0.29, 0.717) is 37.0 Å². The maximum Gasteiger partial charge on any atom is 0.327 e. The average molecular weight is 400 g/mol. The zero-order valence-electron chi connectivity index (χ0n) is 15.2. The van der Waals surface area contributed by atoms with Crippen LogP contribution in [0.4, 0.5) is 0 Å². The Bertz CT molecular complexity index is 1240. The molecule has 8 nitrogen and oxygen atoms in total. The molecular weight excluding hydrogens is 382 g/mol. The predicted octanol–water partition coefficient (Wildman–Crippen LogP) is 2.65. The number of imidazole rings is 1. The van der Waals surface area contributed by atoms with Gasteiger partial charge < -0.3 is 14.5 Å². The van der Waals surface area contributed by atoms with Gasteiger partial charge in [0, 0.05) is 35.1 Å². The zero-order valence-corrected chi connectivity index (χ0v) is 15.9. The monoisotopic (exact) mass is 399 g/mol. The number of ether oxygens (including phenoxy) is 2. The van der Waals surface area contributed by atoms with Crippen LogP contribution in [0.5, 0.6) is 0 Å². The molecule has 4 aromatic rings. The average Bonchev–Trinajstić information content (AvgIpc) is 3.23. The van der Waals surface area contributed by atoms with Gasteiger partial charge in [0.15, 0.2) is 5.65 Å². The molecule has 1 aliphatic rings. The van der Waals surface area contributed by atoms with Crippen LogP contribution >= 0.6 is 11.6 Å².